The van der Waals surface area contributed by atoms with Gasteiger partial charge < -0.3 is 15.4 Å². The van der Waals surface area contributed by atoms with Gasteiger partial charge in [0, 0.05) is 30.6 Å². The van der Waals surface area contributed by atoms with E-state index < -0.39 is 0 Å². The van der Waals surface area contributed by atoms with E-state index in [0.29, 0.717) is 6.04 Å². The first kappa shape index (κ1) is 14.8. The summed E-state index contributed by atoms with van der Waals surface area (Å²) in [6.07, 6.45) is 5.04. The Morgan fingerprint density at radius 1 is 1.52 bits per heavy atom. The van der Waals surface area contributed by atoms with Crippen molar-refractivity contribution in [3.05, 3.63) is 17.3 Å². The number of morpholine rings is 1. The lowest BCUT2D eigenvalue weighted by Crippen LogP contribution is -2.46. The summed E-state index contributed by atoms with van der Waals surface area (Å²) in [4.78, 5) is 8.36. The van der Waals surface area contributed by atoms with Crippen molar-refractivity contribution >= 4 is 22.1 Å². The Labute approximate surface area is 129 Å². The normalized spacial score (nSPS) is 21.1. The van der Waals surface area contributed by atoms with Crippen LogP contribution in [0.2, 0.25) is 0 Å². The number of thiazole rings is 1. The van der Waals surface area contributed by atoms with Gasteiger partial charge in [-0.3, -0.25) is 4.40 Å². The number of hydrogen-bond donors (Lipinski definition) is 1. The van der Waals surface area contributed by atoms with Crippen molar-refractivity contribution in [2.75, 3.05) is 24.7 Å². The van der Waals surface area contributed by atoms with Crippen molar-refractivity contribution in [1.29, 1.82) is 0 Å². The van der Waals surface area contributed by atoms with E-state index in [4.69, 9.17) is 15.5 Å². The standard InChI is InChI=1S/C15H24N4OS/c1-3-11(16)9-13-14(17-15-19(13)6-8-21-15)18-5-7-20-10-12(18)4-2/h6,8,11-12H,3-5,7,9-10,16H2,1-2H3. The van der Waals surface area contributed by atoms with E-state index in [-0.39, 0.29) is 6.04 Å². The number of hydrogen-bond acceptors (Lipinski definition) is 5. The molecule has 2 unspecified atom stereocenters. The molecule has 0 spiro atoms. The van der Waals surface area contributed by atoms with Gasteiger partial charge in [0.25, 0.3) is 0 Å². The lowest BCUT2D eigenvalue weighted by molar-refractivity contribution is 0.0925. The fraction of sp³-hybridized carbons (Fsp3) is 0.667. The molecule has 1 fully saturated rings. The van der Waals surface area contributed by atoms with Gasteiger partial charge in [-0.2, -0.15) is 0 Å². The third-order valence-electron chi connectivity index (χ3n) is 4.29. The zero-order valence-electron chi connectivity index (χ0n) is 12.8. The Hall–Kier alpha value is -1.11. The van der Waals surface area contributed by atoms with Crippen LogP contribution in [-0.4, -0.2) is 41.2 Å². The van der Waals surface area contributed by atoms with E-state index in [9.17, 15) is 0 Å². The summed E-state index contributed by atoms with van der Waals surface area (Å²) in [5, 5.41) is 2.09. The minimum atomic E-state index is 0.185. The highest BCUT2D eigenvalue weighted by Crippen LogP contribution is 2.29. The Morgan fingerprint density at radius 2 is 2.38 bits per heavy atom. The van der Waals surface area contributed by atoms with Gasteiger partial charge in [-0.1, -0.05) is 13.8 Å². The number of aromatic nitrogens is 2. The average Bonchev–Trinajstić information content (AvgIpc) is 3.09. The molecule has 1 aliphatic rings. The van der Waals surface area contributed by atoms with Crippen molar-refractivity contribution in [1.82, 2.24) is 9.38 Å². The minimum absolute atomic E-state index is 0.185. The van der Waals surface area contributed by atoms with Crippen LogP contribution in [0.5, 0.6) is 0 Å². The first-order valence-corrected chi connectivity index (χ1v) is 8.66. The van der Waals surface area contributed by atoms with Crippen molar-refractivity contribution < 1.29 is 4.74 Å². The monoisotopic (exact) mass is 308 g/mol. The number of imidazole rings is 1. The van der Waals surface area contributed by atoms with Crippen LogP contribution in [0.4, 0.5) is 5.82 Å². The highest BCUT2D eigenvalue weighted by Gasteiger charge is 2.27. The fourth-order valence-corrected chi connectivity index (χ4v) is 3.63. The Kier molecular flexibility index (Phi) is 4.47. The summed E-state index contributed by atoms with van der Waals surface area (Å²) in [6, 6.07) is 0.602. The van der Waals surface area contributed by atoms with Crippen LogP contribution in [0.3, 0.4) is 0 Å². The van der Waals surface area contributed by atoms with Crippen molar-refractivity contribution in [2.45, 2.75) is 45.2 Å². The van der Waals surface area contributed by atoms with Crippen LogP contribution in [0.25, 0.3) is 4.96 Å². The first-order chi connectivity index (χ1) is 10.2. The summed E-state index contributed by atoms with van der Waals surface area (Å²) >= 11 is 1.68. The summed E-state index contributed by atoms with van der Waals surface area (Å²) < 4.78 is 7.83. The van der Waals surface area contributed by atoms with Gasteiger partial charge in [0.15, 0.2) is 10.8 Å². The summed E-state index contributed by atoms with van der Waals surface area (Å²) in [5.41, 5.74) is 7.46. The zero-order chi connectivity index (χ0) is 14.8. The van der Waals surface area contributed by atoms with Gasteiger partial charge in [0.05, 0.1) is 24.9 Å². The van der Waals surface area contributed by atoms with Gasteiger partial charge >= 0.3 is 0 Å². The smallest absolute Gasteiger partial charge is 0.195 e. The molecule has 3 rings (SSSR count). The Morgan fingerprint density at radius 3 is 3.14 bits per heavy atom. The Balaban J connectivity index is 1.99. The van der Waals surface area contributed by atoms with Crippen LogP contribution >= 0.6 is 11.3 Å². The largest absolute Gasteiger partial charge is 0.377 e. The summed E-state index contributed by atoms with van der Waals surface area (Å²) in [5.74, 6) is 1.11. The van der Waals surface area contributed by atoms with E-state index in [0.717, 1.165) is 49.8 Å². The predicted octanol–water partition coefficient (Wildman–Crippen LogP) is 2.29. The molecule has 1 aliphatic heterocycles. The van der Waals surface area contributed by atoms with Crippen LogP contribution in [0.15, 0.2) is 11.6 Å². The predicted molar refractivity (Wildman–Crippen MR) is 87.3 cm³/mol. The van der Waals surface area contributed by atoms with Crippen molar-refractivity contribution in [3.8, 4) is 0 Å². The van der Waals surface area contributed by atoms with Crippen LogP contribution in [0.1, 0.15) is 32.4 Å². The minimum Gasteiger partial charge on any atom is -0.377 e. The van der Waals surface area contributed by atoms with Gasteiger partial charge in [-0.05, 0) is 12.8 Å². The number of fused-ring (bicyclic) bond motifs is 1. The molecule has 2 atom stereocenters. The van der Waals surface area contributed by atoms with E-state index in [1.165, 1.54) is 5.69 Å². The fourth-order valence-electron chi connectivity index (χ4n) is 2.91. The third-order valence-corrected chi connectivity index (χ3v) is 5.05. The summed E-state index contributed by atoms with van der Waals surface area (Å²) in [6.45, 7) is 6.83. The van der Waals surface area contributed by atoms with E-state index in [2.05, 4.69) is 34.7 Å². The quantitative estimate of drug-likeness (QED) is 0.921. The molecule has 116 valence electrons. The zero-order valence-corrected chi connectivity index (χ0v) is 13.6. The molecule has 1 saturated heterocycles. The van der Waals surface area contributed by atoms with E-state index in [1.807, 2.05) is 0 Å². The number of ether oxygens (including phenoxy) is 1. The second-order valence-electron chi connectivity index (χ2n) is 5.64. The highest BCUT2D eigenvalue weighted by atomic mass is 32.1. The SMILES string of the molecule is CCC(N)Cc1c(N2CCOCC2CC)nc2sccn12. The van der Waals surface area contributed by atoms with Crippen molar-refractivity contribution in [3.63, 3.8) is 0 Å². The molecule has 6 heteroatoms. The average molecular weight is 308 g/mol. The Bertz CT molecular complexity index is 594. The molecule has 0 bridgehead atoms. The molecule has 21 heavy (non-hydrogen) atoms. The molecule has 2 aromatic rings. The number of nitrogens with two attached hydrogens (primary N) is 1. The molecular weight excluding hydrogens is 284 g/mol. The van der Waals surface area contributed by atoms with E-state index in [1.54, 1.807) is 11.3 Å². The lowest BCUT2D eigenvalue weighted by Gasteiger charge is -2.36. The number of rotatable bonds is 5. The number of nitrogens with zero attached hydrogens (tertiary/aromatic N) is 3. The molecule has 0 aliphatic carbocycles. The van der Waals surface area contributed by atoms with Crippen LogP contribution < -0.4 is 10.6 Å². The maximum atomic E-state index is 6.21. The van der Waals surface area contributed by atoms with Crippen molar-refractivity contribution in [2.24, 2.45) is 5.73 Å². The summed E-state index contributed by atoms with van der Waals surface area (Å²) in [7, 11) is 0. The second-order valence-corrected chi connectivity index (χ2v) is 6.51. The first-order valence-electron chi connectivity index (χ1n) is 7.79. The van der Waals surface area contributed by atoms with Gasteiger partial charge in [0.1, 0.15) is 0 Å². The maximum absolute atomic E-state index is 6.21. The van der Waals surface area contributed by atoms with Crippen LogP contribution in [-0.2, 0) is 11.2 Å². The lowest BCUT2D eigenvalue weighted by atomic mass is 10.1. The molecule has 5 nitrogen and oxygen atoms in total. The van der Waals surface area contributed by atoms with Crippen LogP contribution in [0, 0.1) is 0 Å². The topological polar surface area (TPSA) is 55.8 Å². The molecule has 0 saturated carbocycles. The maximum Gasteiger partial charge on any atom is 0.195 e. The van der Waals surface area contributed by atoms with Gasteiger partial charge in [0.2, 0.25) is 0 Å². The second kappa shape index (κ2) is 6.34. The molecule has 0 aromatic carbocycles. The van der Waals surface area contributed by atoms with Gasteiger partial charge in [-0.15, -0.1) is 11.3 Å². The third kappa shape index (κ3) is 2.80. The number of anilines is 1. The molecule has 2 N–H and O–H groups in total. The highest BCUT2D eigenvalue weighted by molar-refractivity contribution is 7.15. The molecular formula is C15H24N4OS. The molecule has 0 amide bonds. The molecule has 2 aromatic heterocycles. The van der Waals surface area contributed by atoms with E-state index >= 15 is 0 Å². The van der Waals surface area contributed by atoms with Gasteiger partial charge in [-0.25, -0.2) is 4.98 Å². The molecule has 3 heterocycles. The molecule has 0 radical (unpaired) electrons.